The van der Waals surface area contributed by atoms with Crippen molar-refractivity contribution in [1.29, 1.82) is 0 Å². The number of fused-ring (bicyclic) bond motifs is 1. The highest BCUT2D eigenvalue weighted by molar-refractivity contribution is 5.67. The molecule has 1 aliphatic heterocycles. The maximum atomic E-state index is 5.43. The number of benzene rings is 1. The van der Waals surface area contributed by atoms with Gasteiger partial charge in [0, 0.05) is 13.6 Å². The van der Waals surface area contributed by atoms with Crippen LogP contribution in [0.4, 0.5) is 5.69 Å². The van der Waals surface area contributed by atoms with Crippen LogP contribution in [-0.2, 0) is 5.41 Å². The van der Waals surface area contributed by atoms with Gasteiger partial charge in [-0.15, -0.1) is 0 Å². The minimum atomic E-state index is 0.260. The van der Waals surface area contributed by atoms with Crippen molar-refractivity contribution in [2.24, 2.45) is 0 Å². The van der Waals surface area contributed by atoms with E-state index in [2.05, 4.69) is 37.9 Å². The maximum Gasteiger partial charge on any atom is 0.142 e. The van der Waals surface area contributed by atoms with E-state index in [9.17, 15) is 0 Å². The van der Waals surface area contributed by atoms with E-state index in [1.165, 1.54) is 17.7 Å². The van der Waals surface area contributed by atoms with Crippen LogP contribution in [0.3, 0.4) is 0 Å². The Hall–Kier alpha value is -1.18. The van der Waals surface area contributed by atoms with Gasteiger partial charge in [-0.25, -0.2) is 0 Å². The number of para-hydroxylation sites is 1. The minimum absolute atomic E-state index is 0.260. The fourth-order valence-corrected chi connectivity index (χ4v) is 2.32. The monoisotopic (exact) mass is 205 g/mol. The molecule has 0 fully saturated rings. The molecule has 0 spiro atoms. The third-order valence-corrected chi connectivity index (χ3v) is 3.40. The molecular weight excluding hydrogens is 186 g/mol. The van der Waals surface area contributed by atoms with Crippen LogP contribution in [0.25, 0.3) is 0 Å². The Balaban J connectivity index is 2.61. The lowest BCUT2D eigenvalue weighted by Gasteiger charge is -2.39. The number of hydrogen-bond acceptors (Lipinski definition) is 2. The molecule has 2 rings (SSSR count). The average Bonchev–Trinajstić information content (AvgIpc) is 2.23. The van der Waals surface area contributed by atoms with Gasteiger partial charge in [0.1, 0.15) is 5.75 Å². The van der Waals surface area contributed by atoms with Crippen molar-refractivity contribution in [2.45, 2.75) is 25.7 Å². The number of rotatable bonds is 1. The lowest BCUT2D eigenvalue weighted by atomic mass is 9.77. The van der Waals surface area contributed by atoms with Crippen LogP contribution in [0, 0.1) is 0 Å². The fraction of sp³-hybridized carbons (Fsp3) is 0.538. The molecule has 0 saturated heterocycles. The molecule has 1 aromatic carbocycles. The van der Waals surface area contributed by atoms with Gasteiger partial charge in [0.2, 0.25) is 0 Å². The van der Waals surface area contributed by atoms with E-state index in [0.29, 0.717) is 0 Å². The third-order valence-electron chi connectivity index (χ3n) is 3.40. The standard InChI is InChI=1S/C13H19NO/c1-13(2)8-9-14(3)12-10(13)6-5-7-11(12)15-4/h5-7H,8-9H2,1-4H3. The van der Waals surface area contributed by atoms with Crippen LogP contribution in [0.5, 0.6) is 5.75 Å². The first kappa shape index (κ1) is 10.3. The zero-order valence-electron chi connectivity index (χ0n) is 10.0. The molecule has 1 heterocycles. The van der Waals surface area contributed by atoms with Gasteiger partial charge in [0.15, 0.2) is 0 Å². The Morgan fingerprint density at radius 3 is 2.73 bits per heavy atom. The second-order valence-corrected chi connectivity index (χ2v) is 4.91. The largest absolute Gasteiger partial charge is 0.495 e. The first-order valence-electron chi connectivity index (χ1n) is 5.45. The quantitative estimate of drug-likeness (QED) is 0.699. The molecule has 0 saturated carbocycles. The fourth-order valence-electron chi connectivity index (χ4n) is 2.32. The van der Waals surface area contributed by atoms with Crippen molar-refractivity contribution in [1.82, 2.24) is 0 Å². The lowest BCUT2D eigenvalue weighted by Crippen LogP contribution is -2.35. The topological polar surface area (TPSA) is 12.5 Å². The Labute approximate surface area is 91.9 Å². The van der Waals surface area contributed by atoms with Crippen molar-refractivity contribution >= 4 is 5.69 Å². The summed E-state index contributed by atoms with van der Waals surface area (Å²) >= 11 is 0. The van der Waals surface area contributed by atoms with Gasteiger partial charge in [-0.2, -0.15) is 0 Å². The summed E-state index contributed by atoms with van der Waals surface area (Å²) in [5.41, 5.74) is 2.92. The molecule has 1 aromatic rings. The summed E-state index contributed by atoms with van der Waals surface area (Å²) in [6, 6.07) is 6.34. The Morgan fingerprint density at radius 2 is 2.07 bits per heavy atom. The highest BCUT2D eigenvalue weighted by atomic mass is 16.5. The van der Waals surface area contributed by atoms with Crippen LogP contribution in [0.2, 0.25) is 0 Å². The van der Waals surface area contributed by atoms with Crippen molar-refractivity contribution in [2.75, 3.05) is 25.6 Å². The van der Waals surface area contributed by atoms with Gasteiger partial charge < -0.3 is 9.64 Å². The van der Waals surface area contributed by atoms with Crippen molar-refractivity contribution in [3.05, 3.63) is 23.8 Å². The first-order valence-corrected chi connectivity index (χ1v) is 5.45. The molecule has 0 atom stereocenters. The third kappa shape index (κ3) is 1.58. The number of nitrogens with zero attached hydrogens (tertiary/aromatic N) is 1. The molecule has 0 aromatic heterocycles. The molecule has 0 radical (unpaired) electrons. The van der Waals surface area contributed by atoms with Gasteiger partial charge in [-0.1, -0.05) is 26.0 Å². The van der Waals surface area contributed by atoms with Crippen LogP contribution >= 0.6 is 0 Å². The first-order chi connectivity index (χ1) is 7.06. The SMILES string of the molecule is COc1cccc2c1N(C)CCC2(C)C. The second kappa shape index (κ2) is 3.44. The predicted molar refractivity (Wildman–Crippen MR) is 63.9 cm³/mol. The lowest BCUT2D eigenvalue weighted by molar-refractivity contribution is 0.403. The molecule has 2 nitrogen and oxygen atoms in total. The number of hydrogen-bond donors (Lipinski definition) is 0. The number of ether oxygens (including phenoxy) is 1. The Bertz CT molecular complexity index is 371. The molecule has 1 aliphatic rings. The highest BCUT2D eigenvalue weighted by Crippen LogP contribution is 2.43. The molecular formula is C13H19NO. The molecule has 82 valence electrons. The summed E-state index contributed by atoms with van der Waals surface area (Å²) in [7, 11) is 3.88. The Morgan fingerprint density at radius 1 is 1.33 bits per heavy atom. The summed E-state index contributed by atoms with van der Waals surface area (Å²) in [5.74, 6) is 0.989. The molecule has 15 heavy (non-hydrogen) atoms. The van der Waals surface area contributed by atoms with Gasteiger partial charge in [-0.05, 0) is 23.5 Å². The molecule has 0 aliphatic carbocycles. The van der Waals surface area contributed by atoms with E-state index in [0.717, 1.165) is 12.3 Å². The van der Waals surface area contributed by atoms with Crippen LogP contribution in [-0.4, -0.2) is 20.7 Å². The summed E-state index contributed by atoms with van der Waals surface area (Å²) in [6.07, 6.45) is 1.20. The zero-order chi connectivity index (χ0) is 11.1. The smallest absolute Gasteiger partial charge is 0.142 e. The molecule has 0 N–H and O–H groups in total. The van der Waals surface area contributed by atoms with E-state index in [1.807, 2.05) is 6.07 Å². The van der Waals surface area contributed by atoms with Crippen LogP contribution in [0.15, 0.2) is 18.2 Å². The van der Waals surface area contributed by atoms with Crippen molar-refractivity contribution in [3.8, 4) is 5.75 Å². The van der Waals surface area contributed by atoms with Crippen LogP contribution < -0.4 is 9.64 Å². The zero-order valence-corrected chi connectivity index (χ0v) is 10.0. The molecule has 0 unspecified atom stereocenters. The highest BCUT2D eigenvalue weighted by Gasteiger charge is 2.31. The van der Waals surface area contributed by atoms with Gasteiger partial charge in [-0.3, -0.25) is 0 Å². The number of methoxy groups -OCH3 is 1. The van der Waals surface area contributed by atoms with E-state index in [1.54, 1.807) is 7.11 Å². The molecule has 0 amide bonds. The average molecular weight is 205 g/mol. The Kier molecular flexibility index (Phi) is 2.37. The molecule has 0 bridgehead atoms. The second-order valence-electron chi connectivity index (χ2n) is 4.91. The van der Waals surface area contributed by atoms with Crippen molar-refractivity contribution < 1.29 is 4.74 Å². The van der Waals surface area contributed by atoms with Gasteiger partial charge >= 0.3 is 0 Å². The van der Waals surface area contributed by atoms with E-state index in [-0.39, 0.29) is 5.41 Å². The summed E-state index contributed by atoms with van der Waals surface area (Å²) in [6.45, 7) is 5.71. The van der Waals surface area contributed by atoms with E-state index in [4.69, 9.17) is 4.74 Å². The van der Waals surface area contributed by atoms with Gasteiger partial charge in [0.25, 0.3) is 0 Å². The van der Waals surface area contributed by atoms with Crippen molar-refractivity contribution in [3.63, 3.8) is 0 Å². The maximum absolute atomic E-state index is 5.43. The number of anilines is 1. The summed E-state index contributed by atoms with van der Waals surface area (Å²) in [5, 5.41) is 0. The minimum Gasteiger partial charge on any atom is -0.495 e. The summed E-state index contributed by atoms with van der Waals surface area (Å²) in [4.78, 5) is 2.29. The van der Waals surface area contributed by atoms with Crippen LogP contribution in [0.1, 0.15) is 25.8 Å². The molecule has 2 heteroatoms. The van der Waals surface area contributed by atoms with E-state index >= 15 is 0 Å². The van der Waals surface area contributed by atoms with Gasteiger partial charge in [0.05, 0.1) is 12.8 Å². The predicted octanol–water partition coefficient (Wildman–Crippen LogP) is 2.81. The normalized spacial score (nSPS) is 18.5. The summed E-state index contributed by atoms with van der Waals surface area (Å²) < 4.78 is 5.43. The van der Waals surface area contributed by atoms with E-state index < -0.39 is 0 Å².